The highest BCUT2D eigenvalue weighted by Gasteiger charge is 2.09. The van der Waals surface area contributed by atoms with Crippen molar-refractivity contribution in [1.29, 1.82) is 0 Å². The Labute approximate surface area is 117 Å². The second-order valence-electron chi connectivity index (χ2n) is 4.43. The minimum Gasteiger partial charge on any atom is -0.392 e. The standard InChI is InChI=1S/C15H17N3O2/c1-2-12-7-11(8-14(16)17-12)15(20)18-13-5-3-10(9-19)4-6-13/h3-8,19H,2,9H2,1H3,(H2,16,17)(H,18,20). The third-order valence-corrected chi connectivity index (χ3v) is 2.92. The second-order valence-corrected chi connectivity index (χ2v) is 4.43. The molecule has 0 fully saturated rings. The number of aromatic nitrogens is 1. The summed E-state index contributed by atoms with van der Waals surface area (Å²) in [5, 5.41) is 11.8. The van der Waals surface area contributed by atoms with Gasteiger partial charge in [0.15, 0.2) is 0 Å². The lowest BCUT2D eigenvalue weighted by Crippen LogP contribution is -2.13. The molecular formula is C15H17N3O2. The van der Waals surface area contributed by atoms with Gasteiger partial charge in [-0.15, -0.1) is 0 Å². The summed E-state index contributed by atoms with van der Waals surface area (Å²) in [6, 6.07) is 10.3. The molecule has 104 valence electrons. The predicted molar refractivity (Wildman–Crippen MR) is 78.3 cm³/mol. The van der Waals surface area contributed by atoms with Crippen molar-refractivity contribution in [3.63, 3.8) is 0 Å². The highest BCUT2D eigenvalue weighted by Crippen LogP contribution is 2.13. The molecule has 0 saturated carbocycles. The van der Waals surface area contributed by atoms with Crippen LogP contribution in [0.1, 0.15) is 28.5 Å². The van der Waals surface area contributed by atoms with Crippen LogP contribution in [-0.4, -0.2) is 16.0 Å². The summed E-state index contributed by atoms with van der Waals surface area (Å²) in [4.78, 5) is 16.3. The third-order valence-electron chi connectivity index (χ3n) is 2.92. The van der Waals surface area contributed by atoms with Crippen LogP contribution in [-0.2, 0) is 13.0 Å². The second kappa shape index (κ2) is 6.16. The Hall–Kier alpha value is -2.40. The molecular weight excluding hydrogens is 254 g/mol. The van der Waals surface area contributed by atoms with Gasteiger partial charge in [0.25, 0.3) is 5.91 Å². The van der Waals surface area contributed by atoms with Gasteiger partial charge in [0.05, 0.1) is 6.61 Å². The molecule has 0 saturated heterocycles. The van der Waals surface area contributed by atoms with Crippen LogP contribution in [0.4, 0.5) is 11.5 Å². The molecule has 0 bridgehead atoms. The third kappa shape index (κ3) is 3.33. The molecule has 1 amide bonds. The summed E-state index contributed by atoms with van der Waals surface area (Å²) in [6.07, 6.45) is 0.719. The Balaban J connectivity index is 2.16. The van der Waals surface area contributed by atoms with E-state index in [2.05, 4.69) is 10.3 Å². The lowest BCUT2D eigenvalue weighted by Gasteiger charge is -2.08. The molecule has 0 aliphatic heterocycles. The number of nitrogens with two attached hydrogens (primary N) is 1. The summed E-state index contributed by atoms with van der Waals surface area (Å²) in [5.74, 6) is 0.107. The summed E-state index contributed by atoms with van der Waals surface area (Å²) in [5.41, 5.74) is 8.42. The number of aryl methyl sites for hydroxylation is 1. The zero-order valence-corrected chi connectivity index (χ0v) is 11.3. The van der Waals surface area contributed by atoms with E-state index >= 15 is 0 Å². The average Bonchev–Trinajstić information content (AvgIpc) is 2.47. The molecule has 0 aliphatic rings. The van der Waals surface area contributed by atoms with Gasteiger partial charge in [0.1, 0.15) is 5.82 Å². The maximum Gasteiger partial charge on any atom is 0.255 e. The first-order valence-corrected chi connectivity index (χ1v) is 6.40. The monoisotopic (exact) mass is 271 g/mol. The first-order valence-electron chi connectivity index (χ1n) is 6.40. The zero-order chi connectivity index (χ0) is 14.5. The Morgan fingerprint density at radius 2 is 2.00 bits per heavy atom. The number of nitrogen functional groups attached to an aromatic ring is 1. The van der Waals surface area contributed by atoms with Crippen molar-refractivity contribution in [3.05, 3.63) is 53.2 Å². The van der Waals surface area contributed by atoms with Crippen molar-refractivity contribution in [1.82, 2.24) is 4.98 Å². The lowest BCUT2D eigenvalue weighted by atomic mass is 10.1. The topological polar surface area (TPSA) is 88.2 Å². The van der Waals surface area contributed by atoms with Gasteiger partial charge in [0.2, 0.25) is 0 Å². The number of anilines is 2. The number of hydrogen-bond acceptors (Lipinski definition) is 4. The number of aliphatic hydroxyl groups is 1. The highest BCUT2D eigenvalue weighted by atomic mass is 16.3. The maximum atomic E-state index is 12.1. The maximum absolute atomic E-state index is 12.1. The van der Waals surface area contributed by atoms with Crippen LogP contribution in [0.5, 0.6) is 0 Å². The fourth-order valence-corrected chi connectivity index (χ4v) is 1.82. The molecule has 5 heteroatoms. The molecule has 0 unspecified atom stereocenters. The number of carbonyl (C=O) groups excluding carboxylic acids is 1. The van der Waals surface area contributed by atoms with Crippen molar-refractivity contribution in [2.24, 2.45) is 0 Å². The van der Waals surface area contributed by atoms with Crippen LogP contribution >= 0.6 is 0 Å². The summed E-state index contributed by atoms with van der Waals surface area (Å²) < 4.78 is 0. The van der Waals surface area contributed by atoms with Crippen LogP contribution < -0.4 is 11.1 Å². The fourth-order valence-electron chi connectivity index (χ4n) is 1.82. The Kier molecular flexibility index (Phi) is 4.32. The Morgan fingerprint density at radius 3 is 2.60 bits per heavy atom. The smallest absolute Gasteiger partial charge is 0.255 e. The van der Waals surface area contributed by atoms with E-state index < -0.39 is 0 Å². The van der Waals surface area contributed by atoms with Gasteiger partial charge in [-0.2, -0.15) is 0 Å². The van der Waals surface area contributed by atoms with Crippen molar-refractivity contribution in [2.45, 2.75) is 20.0 Å². The number of pyridine rings is 1. The van der Waals surface area contributed by atoms with Crippen molar-refractivity contribution in [3.8, 4) is 0 Å². The van der Waals surface area contributed by atoms with E-state index in [4.69, 9.17) is 10.8 Å². The number of nitrogens with zero attached hydrogens (tertiary/aromatic N) is 1. The Bertz CT molecular complexity index is 609. The molecule has 5 nitrogen and oxygen atoms in total. The molecule has 4 N–H and O–H groups in total. The van der Waals surface area contributed by atoms with Gasteiger partial charge in [-0.05, 0) is 36.2 Å². The number of carbonyl (C=O) groups is 1. The van der Waals surface area contributed by atoms with Crippen molar-refractivity contribution < 1.29 is 9.90 Å². The summed E-state index contributed by atoms with van der Waals surface area (Å²) >= 11 is 0. The molecule has 0 aliphatic carbocycles. The summed E-state index contributed by atoms with van der Waals surface area (Å²) in [6.45, 7) is 1.94. The normalized spacial score (nSPS) is 10.3. The van der Waals surface area contributed by atoms with E-state index in [0.717, 1.165) is 17.7 Å². The molecule has 1 aromatic carbocycles. The number of amides is 1. The van der Waals surface area contributed by atoms with Gasteiger partial charge < -0.3 is 16.2 Å². The van der Waals surface area contributed by atoms with E-state index in [1.165, 1.54) is 0 Å². The van der Waals surface area contributed by atoms with E-state index in [-0.39, 0.29) is 12.5 Å². The fraction of sp³-hybridized carbons (Fsp3) is 0.200. The van der Waals surface area contributed by atoms with Crippen molar-refractivity contribution >= 4 is 17.4 Å². The number of rotatable bonds is 4. The number of aliphatic hydroxyl groups excluding tert-OH is 1. The van der Waals surface area contributed by atoms with Gasteiger partial charge in [-0.3, -0.25) is 4.79 Å². The van der Waals surface area contributed by atoms with Gasteiger partial charge in [0, 0.05) is 16.9 Å². The van der Waals surface area contributed by atoms with E-state index in [1.54, 1.807) is 36.4 Å². The number of hydrogen-bond donors (Lipinski definition) is 3. The molecule has 2 rings (SSSR count). The number of benzene rings is 1. The molecule has 1 aromatic heterocycles. The van der Waals surface area contributed by atoms with Crippen LogP contribution in [0.2, 0.25) is 0 Å². The van der Waals surface area contributed by atoms with E-state index in [9.17, 15) is 4.79 Å². The van der Waals surface area contributed by atoms with Gasteiger partial charge in [-0.25, -0.2) is 4.98 Å². The quantitative estimate of drug-likeness (QED) is 0.793. The highest BCUT2D eigenvalue weighted by molar-refractivity contribution is 6.04. The minimum atomic E-state index is -0.231. The summed E-state index contributed by atoms with van der Waals surface area (Å²) in [7, 11) is 0. The van der Waals surface area contributed by atoms with Crippen LogP contribution in [0.3, 0.4) is 0 Å². The molecule has 0 atom stereocenters. The minimum absolute atomic E-state index is 0.0189. The van der Waals surface area contributed by atoms with E-state index in [0.29, 0.717) is 17.1 Å². The number of nitrogens with one attached hydrogen (secondary N) is 1. The molecule has 20 heavy (non-hydrogen) atoms. The van der Waals surface area contributed by atoms with E-state index in [1.807, 2.05) is 6.92 Å². The van der Waals surface area contributed by atoms with Gasteiger partial charge in [-0.1, -0.05) is 19.1 Å². The first kappa shape index (κ1) is 14.0. The van der Waals surface area contributed by atoms with Crippen LogP contribution in [0.15, 0.2) is 36.4 Å². The molecule has 1 heterocycles. The molecule has 0 spiro atoms. The van der Waals surface area contributed by atoms with Gasteiger partial charge >= 0.3 is 0 Å². The Morgan fingerprint density at radius 1 is 1.30 bits per heavy atom. The largest absolute Gasteiger partial charge is 0.392 e. The lowest BCUT2D eigenvalue weighted by molar-refractivity contribution is 0.102. The average molecular weight is 271 g/mol. The zero-order valence-electron chi connectivity index (χ0n) is 11.3. The van der Waals surface area contributed by atoms with Crippen LogP contribution in [0, 0.1) is 0 Å². The van der Waals surface area contributed by atoms with Crippen LogP contribution in [0.25, 0.3) is 0 Å². The van der Waals surface area contributed by atoms with Crippen molar-refractivity contribution in [2.75, 3.05) is 11.1 Å². The first-order chi connectivity index (χ1) is 9.62. The predicted octanol–water partition coefficient (Wildman–Crippen LogP) is 1.97. The molecule has 2 aromatic rings. The SMILES string of the molecule is CCc1cc(C(=O)Nc2ccc(CO)cc2)cc(N)n1. The molecule has 0 radical (unpaired) electrons.